The van der Waals surface area contributed by atoms with Gasteiger partial charge >= 0.3 is 6.09 Å². The van der Waals surface area contributed by atoms with Gasteiger partial charge in [0.2, 0.25) is 0 Å². The fraction of sp³-hybridized carbons (Fsp3) is 0.357. The van der Waals surface area contributed by atoms with Crippen LogP contribution in [0.1, 0.15) is 12.5 Å². The molecule has 1 aliphatic heterocycles. The Bertz CT molecular complexity index is 400. The van der Waals surface area contributed by atoms with Crippen molar-refractivity contribution in [3.63, 3.8) is 0 Å². The van der Waals surface area contributed by atoms with Crippen LogP contribution in [0.4, 0.5) is 4.79 Å². The van der Waals surface area contributed by atoms with Crippen LogP contribution in [0.25, 0.3) is 0 Å². The van der Waals surface area contributed by atoms with Crippen LogP contribution in [0, 0.1) is 0 Å². The Hall–Kier alpha value is -1.77. The highest BCUT2D eigenvalue weighted by molar-refractivity contribution is 5.70. The summed E-state index contributed by atoms with van der Waals surface area (Å²) in [7, 11) is 0. The third-order valence-corrected chi connectivity index (χ3v) is 2.93. The van der Waals surface area contributed by atoms with Crippen LogP contribution >= 0.6 is 0 Å². The average Bonchev–Trinajstić information content (AvgIpc) is 2.69. The van der Waals surface area contributed by atoms with Crippen LogP contribution in [0.5, 0.6) is 0 Å². The van der Waals surface area contributed by atoms with Crippen LogP contribution in [0.3, 0.4) is 0 Å². The first-order chi connectivity index (χ1) is 8.31. The lowest BCUT2D eigenvalue weighted by molar-refractivity contribution is 0.160. The summed E-state index contributed by atoms with van der Waals surface area (Å²) in [6, 6.07) is 10.3. The lowest BCUT2D eigenvalue weighted by Crippen LogP contribution is -2.35. The maximum absolute atomic E-state index is 11.6. The Balaban J connectivity index is 2.02. The molecule has 1 fully saturated rings. The number of rotatable bonds is 4. The minimum absolute atomic E-state index is 0.154. The van der Waals surface area contributed by atoms with E-state index in [9.17, 15) is 4.79 Å². The molecule has 0 aromatic heterocycles. The Morgan fingerprint density at radius 2 is 2.18 bits per heavy atom. The van der Waals surface area contributed by atoms with Crippen LogP contribution < -0.4 is 0 Å². The first kappa shape index (κ1) is 11.7. The second kappa shape index (κ2) is 5.53. The molecule has 0 saturated carbocycles. The van der Waals surface area contributed by atoms with Crippen molar-refractivity contribution in [1.29, 1.82) is 0 Å². The second-order valence-electron chi connectivity index (χ2n) is 4.14. The van der Waals surface area contributed by atoms with E-state index in [1.54, 1.807) is 4.90 Å². The minimum atomic E-state index is -0.205. The van der Waals surface area contributed by atoms with Crippen molar-refractivity contribution in [2.75, 3.05) is 13.2 Å². The predicted octanol–water partition coefficient (Wildman–Crippen LogP) is 2.63. The van der Waals surface area contributed by atoms with E-state index in [0.717, 1.165) is 6.42 Å². The van der Waals surface area contributed by atoms with E-state index in [-0.39, 0.29) is 12.1 Å². The standard InChI is InChI=1S/C14H17NO2/c1-2-3-9-15-13(11-17-14(15)16)10-12-7-5-4-6-8-12/h2-8,13H,9-11H2,1H3/b3-2+. The van der Waals surface area contributed by atoms with Gasteiger partial charge < -0.3 is 4.74 Å². The van der Waals surface area contributed by atoms with Gasteiger partial charge in [0.15, 0.2) is 0 Å². The highest BCUT2D eigenvalue weighted by Crippen LogP contribution is 2.16. The molecule has 1 atom stereocenters. The molecule has 1 unspecified atom stereocenters. The largest absolute Gasteiger partial charge is 0.447 e. The normalized spacial score (nSPS) is 19.9. The van der Waals surface area contributed by atoms with Crippen LogP contribution in [-0.4, -0.2) is 30.2 Å². The zero-order valence-electron chi connectivity index (χ0n) is 10.0. The van der Waals surface area contributed by atoms with E-state index in [2.05, 4.69) is 12.1 Å². The zero-order chi connectivity index (χ0) is 12.1. The van der Waals surface area contributed by atoms with E-state index in [1.165, 1.54) is 5.56 Å². The summed E-state index contributed by atoms with van der Waals surface area (Å²) in [4.78, 5) is 13.3. The maximum Gasteiger partial charge on any atom is 0.410 e. The summed E-state index contributed by atoms with van der Waals surface area (Å²) in [6.45, 7) is 3.08. The number of cyclic esters (lactones) is 1. The number of nitrogens with zero attached hydrogens (tertiary/aromatic N) is 1. The third kappa shape index (κ3) is 2.87. The van der Waals surface area contributed by atoms with Crippen molar-refractivity contribution in [2.24, 2.45) is 0 Å². The maximum atomic E-state index is 11.6. The molecule has 0 bridgehead atoms. The van der Waals surface area contributed by atoms with Gasteiger partial charge in [0.1, 0.15) is 6.61 Å². The number of amides is 1. The summed E-state index contributed by atoms with van der Waals surface area (Å²) in [5.41, 5.74) is 1.24. The van der Waals surface area contributed by atoms with Crippen LogP contribution in [0.15, 0.2) is 42.5 Å². The Labute approximate surface area is 102 Å². The van der Waals surface area contributed by atoms with Crippen molar-refractivity contribution >= 4 is 6.09 Å². The van der Waals surface area contributed by atoms with Gasteiger partial charge in [-0.2, -0.15) is 0 Å². The van der Waals surface area contributed by atoms with E-state index in [4.69, 9.17) is 4.74 Å². The molecule has 3 nitrogen and oxygen atoms in total. The molecule has 1 heterocycles. The fourth-order valence-electron chi connectivity index (χ4n) is 1.99. The van der Waals surface area contributed by atoms with Crippen molar-refractivity contribution in [2.45, 2.75) is 19.4 Å². The van der Waals surface area contributed by atoms with Gasteiger partial charge in [-0.25, -0.2) is 4.79 Å². The molecule has 1 aromatic rings. The van der Waals surface area contributed by atoms with Gasteiger partial charge in [-0.15, -0.1) is 0 Å². The predicted molar refractivity (Wildman–Crippen MR) is 66.8 cm³/mol. The molecule has 0 aliphatic carbocycles. The molecule has 17 heavy (non-hydrogen) atoms. The monoisotopic (exact) mass is 231 g/mol. The Morgan fingerprint density at radius 1 is 1.41 bits per heavy atom. The van der Waals surface area contributed by atoms with Crippen molar-refractivity contribution in [1.82, 2.24) is 4.90 Å². The smallest absolute Gasteiger partial charge is 0.410 e. The molecular formula is C14H17NO2. The minimum Gasteiger partial charge on any atom is -0.447 e. The quantitative estimate of drug-likeness (QED) is 0.745. The lowest BCUT2D eigenvalue weighted by Gasteiger charge is -2.19. The van der Waals surface area contributed by atoms with E-state index in [0.29, 0.717) is 13.2 Å². The average molecular weight is 231 g/mol. The number of carbonyl (C=O) groups excluding carboxylic acids is 1. The molecule has 1 aromatic carbocycles. The van der Waals surface area contributed by atoms with E-state index < -0.39 is 0 Å². The van der Waals surface area contributed by atoms with E-state index in [1.807, 2.05) is 37.3 Å². The third-order valence-electron chi connectivity index (χ3n) is 2.93. The SMILES string of the molecule is C/C=C/CN1C(=O)OCC1Cc1ccccc1. The fourth-order valence-corrected chi connectivity index (χ4v) is 1.99. The van der Waals surface area contributed by atoms with Gasteiger partial charge in [0, 0.05) is 6.54 Å². The van der Waals surface area contributed by atoms with Crippen molar-refractivity contribution in [3.05, 3.63) is 48.0 Å². The summed E-state index contributed by atoms with van der Waals surface area (Å²) in [6.07, 6.45) is 4.57. The first-order valence-corrected chi connectivity index (χ1v) is 5.89. The Morgan fingerprint density at radius 3 is 2.88 bits per heavy atom. The van der Waals surface area contributed by atoms with Gasteiger partial charge in [-0.3, -0.25) is 4.90 Å². The summed E-state index contributed by atoms with van der Waals surface area (Å²) < 4.78 is 5.10. The summed E-state index contributed by atoms with van der Waals surface area (Å²) in [5.74, 6) is 0. The lowest BCUT2D eigenvalue weighted by atomic mass is 10.1. The van der Waals surface area contributed by atoms with Gasteiger partial charge in [-0.05, 0) is 18.9 Å². The molecule has 1 saturated heterocycles. The number of hydrogen-bond acceptors (Lipinski definition) is 2. The van der Waals surface area contributed by atoms with Crippen LogP contribution in [0.2, 0.25) is 0 Å². The number of carbonyl (C=O) groups is 1. The number of benzene rings is 1. The van der Waals surface area contributed by atoms with Gasteiger partial charge in [-0.1, -0.05) is 42.5 Å². The molecule has 2 rings (SSSR count). The molecular weight excluding hydrogens is 214 g/mol. The van der Waals surface area contributed by atoms with Gasteiger partial charge in [0.05, 0.1) is 6.04 Å². The molecule has 1 amide bonds. The summed E-state index contributed by atoms with van der Waals surface area (Å²) in [5, 5.41) is 0. The summed E-state index contributed by atoms with van der Waals surface area (Å²) >= 11 is 0. The highest BCUT2D eigenvalue weighted by Gasteiger charge is 2.31. The molecule has 0 radical (unpaired) electrons. The van der Waals surface area contributed by atoms with Crippen molar-refractivity contribution < 1.29 is 9.53 Å². The zero-order valence-corrected chi connectivity index (χ0v) is 10.0. The molecule has 3 heteroatoms. The number of ether oxygens (including phenoxy) is 1. The Kier molecular flexibility index (Phi) is 3.81. The highest BCUT2D eigenvalue weighted by atomic mass is 16.6. The number of hydrogen-bond donors (Lipinski definition) is 0. The number of allylic oxidation sites excluding steroid dienone is 1. The molecule has 0 spiro atoms. The first-order valence-electron chi connectivity index (χ1n) is 5.89. The van der Waals surface area contributed by atoms with Crippen LogP contribution in [-0.2, 0) is 11.2 Å². The topological polar surface area (TPSA) is 29.5 Å². The molecule has 90 valence electrons. The van der Waals surface area contributed by atoms with Gasteiger partial charge in [0.25, 0.3) is 0 Å². The molecule has 1 aliphatic rings. The second-order valence-corrected chi connectivity index (χ2v) is 4.14. The molecule has 0 N–H and O–H groups in total. The van der Waals surface area contributed by atoms with E-state index >= 15 is 0 Å². The van der Waals surface area contributed by atoms with Crippen molar-refractivity contribution in [3.8, 4) is 0 Å².